The quantitative estimate of drug-likeness (QED) is 0.576. The van der Waals surface area contributed by atoms with Crippen LogP contribution < -0.4 is 0 Å². The standard InChI is InChI=1S/C8H16O2/c1-7(8(2)10)5-3-4-6-9/h3-4,7-10H,5-6H2,1-2H3/b4-3+/t7?,8-/m0/s1. The first-order chi connectivity index (χ1) is 4.68. The van der Waals surface area contributed by atoms with Crippen molar-refractivity contribution in [3.8, 4) is 0 Å². The predicted octanol–water partition coefficient (Wildman–Crippen LogP) is 0.942. The van der Waals surface area contributed by atoms with Crippen molar-refractivity contribution < 1.29 is 10.2 Å². The molecule has 0 aliphatic rings. The molecule has 0 radical (unpaired) electrons. The first-order valence-electron chi connectivity index (χ1n) is 3.62. The number of hydrogen-bond acceptors (Lipinski definition) is 2. The van der Waals surface area contributed by atoms with E-state index in [0.29, 0.717) is 0 Å². The zero-order valence-corrected chi connectivity index (χ0v) is 6.62. The Balaban J connectivity index is 3.38. The normalized spacial score (nSPS) is 17.6. The van der Waals surface area contributed by atoms with Crippen LogP contribution in [0.4, 0.5) is 0 Å². The van der Waals surface area contributed by atoms with Gasteiger partial charge in [0.1, 0.15) is 0 Å². The lowest BCUT2D eigenvalue weighted by atomic mass is 10.0. The summed E-state index contributed by atoms with van der Waals surface area (Å²) in [7, 11) is 0. The molecule has 0 amide bonds. The molecular weight excluding hydrogens is 128 g/mol. The average Bonchev–Trinajstić information content (AvgIpc) is 1.88. The number of aliphatic hydroxyl groups is 2. The van der Waals surface area contributed by atoms with Crippen molar-refractivity contribution in [3.63, 3.8) is 0 Å². The highest BCUT2D eigenvalue weighted by Gasteiger charge is 2.04. The molecule has 0 aliphatic carbocycles. The first-order valence-corrected chi connectivity index (χ1v) is 3.62. The van der Waals surface area contributed by atoms with Crippen molar-refractivity contribution in [1.82, 2.24) is 0 Å². The van der Waals surface area contributed by atoms with Crippen LogP contribution in [0.15, 0.2) is 12.2 Å². The summed E-state index contributed by atoms with van der Waals surface area (Å²) in [6.45, 7) is 3.84. The fraction of sp³-hybridized carbons (Fsp3) is 0.750. The number of rotatable bonds is 4. The molecule has 0 fully saturated rings. The average molecular weight is 144 g/mol. The second-order valence-electron chi connectivity index (χ2n) is 2.61. The third kappa shape index (κ3) is 4.53. The van der Waals surface area contributed by atoms with Crippen molar-refractivity contribution in [3.05, 3.63) is 12.2 Å². The Morgan fingerprint density at radius 2 is 1.90 bits per heavy atom. The largest absolute Gasteiger partial charge is 0.393 e. The number of aliphatic hydroxyl groups excluding tert-OH is 2. The molecule has 2 atom stereocenters. The van der Waals surface area contributed by atoms with E-state index in [2.05, 4.69) is 0 Å². The summed E-state index contributed by atoms with van der Waals surface area (Å²) in [6, 6.07) is 0. The molecule has 0 heterocycles. The highest BCUT2D eigenvalue weighted by molar-refractivity contribution is 4.83. The molecule has 0 aromatic rings. The molecule has 0 aliphatic heterocycles. The van der Waals surface area contributed by atoms with Crippen molar-refractivity contribution in [2.45, 2.75) is 26.4 Å². The van der Waals surface area contributed by atoms with E-state index in [1.807, 2.05) is 13.0 Å². The highest BCUT2D eigenvalue weighted by atomic mass is 16.3. The maximum absolute atomic E-state index is 9.02. The summed E-state index contributed by atoms with van der Waals surface area (Å²) in [5.74, 6) is 0.280. The first kappa shape index (κ1) is 9.66. The minimum Gasteiger partial charge on any atom is -0.393 e. The van der Waals surface area contributed by atoms with Crippen LogP contribution >= 0.6 is 0 Å². The van der Waals surface area contributed by atoms with Gasteiger partial charge in [0.2, 0.25) is 0 Å². The summed E-state index contributed by atoms with van der Waals surface area (Å²) in [4.78, 5) is 0. The zero-order chi connectivity index (χ0) is 7.98. The van der Waals surface area contributed by atoms with Gasteiger partial charge in [0, 0.05) is 0 Å². The van der Waals surface area contributed by atoms with E-state index < -0.39 is 0 Å². The lowest BCUT2D eigenvalue weighted by Crippen LogP contribution is -2.11. The summed E-state index contributed by atoms with van der Waals surface area (Å²) in [5, 5.41) is 17.4. The molecular formula is C8H16O2. The Bertz CT molecular complexity index is 97.4. The van der Waals surface area contributed by atoms with Gasteiger partial charge in [-0.3, -0.25) is 0 Å². The molecule has 0 aromatic carbocycles. The molecule has 0 aromatic heterocycles. The maximum Gasteiger partial charge on any atom is 0.0612 e. The van der Waals surface area contributed by atoms with Crippen LogP contribution in [-0.2, 0) is 0 Å². The molecule has 0 saturated carbocycles. The minimum atomic E-state index is -0.261. The van der Waals surface area contributed by atoms with Gasteiger partial charge in [-0.25, -0.2) is 0 Å². The third-order valence-corrected chi connectivity index (χ3v) is 1.60. The van der Waals surface area contributed by atoms with Gasteiger partial charge in [-0.15, -0.1) is 0 Å². The second kappa shape index (κ2) is 5.45. The third-order valence-electron chi connectivity index (χ3n) is 1.60. The van der Waals surface area contributed by atoms with Gasteiger partial charge in [0.25, 0.3) is 0 Å². The van der Waals surface area contributed by atoms with Crippen LogP contribution in [-0.4, -0.2) is 22.9 Å². The van der Waals surface area contributed by atoms with Gasteiger partial charge in [0.05, 0.1) is 12.7 Å². The van der Waals surface area contributed by atoms with Gasteiger partial charge >= 0.3 is 0 Å². The van der Waals surface area contributed by atoms with Crippen LogP contribution in [0.25, 0.3) is 0 Å². The van der Waals surface area contributed by atoms with Crippen molar-refractivity contribution in [2.24, 2.45) is 5.92 Å². The van der Waals surface area contributed by atoms with E-state index in [1.54, 1.807) is 13.0 Å². The number of allylic oxidation sites excluding steroid dienone is 1. The van der Waals surface area contributed by atoms with Crippen LogP contribution in [0.3, 0.4) is 0 Å². The van der Waals surface area contributed by atoms with E-state index in [4.69, 9.17) is 10.2 Å². The molecule has 60 valence electrons. The number of hydrogen-bond donors (Lipinski definition) is 2. The van der Waals surface area contributed by atoms with E-state index in [9.17, 15) is 0 Å². The summed E-state index contributed by atoms with van der Waals surface area (Å²) < 4.78 is 0. The zero-order valence-electron chi connectivity index (χ0n) is 6.62. The van der Waals surface area contributed by atoms with Crippen molar-refractivity contribution >= 4 is 0 Å². The van der Waals surface area contributed by atoms with Crippen molar-refractivity contribution in [2.75, 3.05) is 6.61 Å². The smallest absolute Gasteiger partial charge is 0.0612 e. The minimum absolute atomic E-state index is 0.0898. The molecule has 2 nitrogen and oxygen atoms in total. The predicted molar refractivity (Wildman–Crippen MR) is 41.7 cm³/mol. The van der Waals surface area contributed by atoms with Gasteiger partial charge < -0.3 is 10.2 Å². The van der Waals surface area contributed by atoms with E-state index >= 15 is 0 Å². The molecule has 0 saturated heterocycles. The molecule has 0 bridgehead atoms. The van der Waals surface area contributed by atoms with E-state index in [-0.39, 0.29) is 18.6 Å². The van der Waals surface area contributed by atoms with Crippen LogP contribution in [0.2, 0.25) is 0 Å². The fourth-order valence-corrected chi connectivity index (χ4v) is 0.582. The maximum atomic E-state index is 9.02. The highest BCUT2D eigenvalue weighted by Crippen LogP contribution is 2.07. The van der Waals surface area contributed by atoms with Crippen molar-refractivity contribution in [1.29, 1.82) is 0 Å². The topological polar surface area (TPSA) is 40.5 Å². The molecule has 0 spiro atoms. The fourth-order valence-electron chi connectivity index (χ4n) is 0.582. The van der Waals surface area contributed by atoms with Gasteiger partial charge in [-0.1, -0.05) is 19.1 Å². The molecule has 2 heteroatoms. The van der Waals surface area contributed by atoms with E-state index in [0.717, 1.165) is 6.42 Å². The summed E-state index contributed by atoms with van der Waals surface area (Å²) in [6.07, 6.45) is 4.15. The van der Waals surface area contributed by atoms with Crippen LogP contribution in [0.5, 0.6) is 0 Å². The van der Waals surface area contributed by atoms with Gasteiger partial charge in [-0.2, -0.15) is 0 Å². The monoisotopic (exact) mass is 144 g/mol. The lowest BCUT2D eigenvalue weighted by Gasteiger charge is -2.10. The Hall–Kier alpha value is -0.340. The van der Waals surface area contributed by atoms with Gasteiger partial charge in [0.15, 0.2) is 0 Å². The van der Waals surface area contributed by atoms with Crippen LogP contribution in [0, 0.1) is 5.92 Å². The molecule has 2 N–H and O–H groups in total. The molecule has 10 heavy (non-hydrogen) atoms. The Labute approximate surface area is 62.2 Å². The Morgan fingerprint density at radius 3 is 2.30 bits per heavy atom. The molecule has 1 unspecified atom stereocenters. The molecule has 0 rings (SSSR count). The Morgan fingerprint density at radius 1 is 1.30 bits per heavy atom. The van der Waals surface area contributed by atoms with Gasteiger partial charge in [-0.05, 0) is 19.3 Å². The SMILES string of the molecule is CC(C/C=C/CO)[C@H](C)O. The van der Waals surface area contributed by atoms with E-state index in [1.165, 1.54) is 0 Å². The summed E-state index contributed by atoms with van der Waals surface area (Å²) >= 11 is 0. The summed E-state index contributed by atoms with van der Waals surface area (Å²) in [5.41, 5.74) is 0. The van der Waals surface area contributed by atoms with Crippen LogP contribution in [0.1, 0.15) is 20.3 Å². The lowest BCUT2D eigenvalue weighted by molar-refractivity contribution is 0.136. The Kier molecular flexibility index (Phi) is 5.26. The second-order valence-corrected chi connectivity index (χ2v) is 2.61.